The van der Waals surface area contributed by atoms with Crippen molar-refractivity contribution in [1.82, 2.24) is 5.32 Å². The molecular formula is C15H22N2O2. The number of aliphatic hydroxyl groups excluding tert-OH is 1. The van der Waals surface area contributed by atoms with Crippen LogP contribution in [-0.2, 0) is 11.4 Å². The van der Waals surface area contributed by atoms with Crippen LogP contribution in [0.15, 0.2) is 18.2 Å². The Hall–Kier alpha value is -1.55. The Labute approximate surface area is 114 Å². The van der Waals surface area contributed by atoms with Gasteiger partial charge in [-0.05, 0) is 43.5 Å². The molecule has 1 atom stereocenters. The van der Waals surface area contributed by atoms with Crippen LogP contribution in [-0.4, -0.2) is 31.2 Å². The van der Waals surface area contributed by atoms with Gasteiger partial charge in [-0.3, -0.25) is 4.79 Å². The van der Waals surface area contributed by atoms with E-state index in [1.54, 1.807) is 7.05 Å². The molecule has 0 saturated carbocycles. The molecule has 1 fully saturated rings. The Morgan fingerprint density at radius 3 is 2.84 bits per heavy atom. The standard InChI is InChI=1S/C15H22N2O2/c1-11-8-13(5-4-12(11)9-18)17-7-6-15(2,10-17)14(19)16-3/h4-5,8,18H,6-7,9-10H2,1-3H3,(H,16,19). The maximum Gasteiger partial charge on any atom is 0.227 e. The molecule has 1 aromatic carbocycles. The zero-order valence-electron chi connectivity index (χ0n) is 11.9. The van der Waals surface area contributed by atoms with Crippen LogP contribution in [0.5, 0.6) is 0 Å². The Morgan fingerprint density at radius 2 is 2.26 bits per heavy atom. The molecule has 104 valence electrons. The molecule has 1 aromatic rings. The van der Waals surface area contributed by atoms with E-state index in [0.717, 1.165) is 36.3 Å². The number of benzene rings is 1. The van der Waals surface area contributed by atoms with E-state index in [-0.39, 0.29) is 17.9 Å². The number of aliphatic hydroxyl groups is 1. The van der Waals surface area contributed by atoms with Crippen LogP contribution in [0.4, 0.5) is 5.69 Å². The molecule has 0 radical (unpaired) electrons. The van der Waals surface area contributed by atoms with Crippen molar-refractivity contribution >= 4 is 11.6 Å². The second-order valence-corrected chi connectivity index (χ2v) is 5.58. The van der Waals surface area contributed by atoms with E-state index in [9.17, 15) is 9.90 Å². The van der Waals surface area contributed by atoms with Gasteiger partial charge in [0, 0.05) is 25.8 Å². The highest BCUT2D eigenvalue weighted by molar-refractivity contribution is 5.83. The number of anilines is 1. The SMILES string of the molecule is CNC(=O)C1(C)CCN(c2ccc(CO)c(C)c2)C1. The summed E-state index contributed by atoms with van der Waals surface area (Å²) < 4.78 is 0. The third kappa shape index (κ3) is 2.59. The van der Waals surface area contributed by atoms with Crippen molar-refractivity contribution in [3.63, 3.8) is 0 Å². The molecule has 1 unspecified atom stereocenters. The molecule has 0 aromatic heterocycles. The quantitative estimate of drug-likeness (QED) is 0.867. The first-order chi connectivity index (χ1) is 9.00. The highest BCUT2D eigenvalue weighted by Gasteiger charge is 2.39. The van der Waals surface area contributed by atoms with Gasteiger partial charge in [-0.2, -0.15) is 0 Å². The number of carbonyl (C=O) groups is 1. The second-order valence-electron chi connectivity index (χ2n) is 5.58. The van der Waals surface area contributed by atoms with Gasteiger partial charge in [0.05, 0.1) is 12.0 Å². The lowest BCUT2D eigenvalue weighted by molar-refractivity contribution is -0.128. The number of amides is 1. The highest BCUT2D eigenvalue weighted by atomic mass is 16.3. The Balaban J connectivity index is 2.17. The summed E-state index contributed by atoms with van der Waals surface area (Å²) >= 11 is 0. The number of rotatable bonds is 3. The van der Waals surface area contributed by atoms with Gasteiger partial charge in [0.25, 0.3) is 0 Å². The molecule has 4 nitrogen and oxygen atoms in total. The van der Waals surface area contributed by atoms with Crippen molar-refractivity contribution < 1.29 is 9.90 Å². The Bertz CT molecular complexity index is 487. The Kier molecular flexibility index (Phi) is 3.80. The van der Waals surface area contributed by atoms with Crippen LogP contribution >= 0.6 is 0 Å². The highest BCUT2D eigenvalue weighted by Crippen LogP contribution is 2.34. The zero-order valence-corrected chi connectivity index (χ0v) is 11.9. The predicted octanol–water partition coefficient (Wildman–Crippen LogP) is 1.45. The Morgan fingerprint density at radius 1 is 1.53 bits per heavy atom. The largest absolute Gasteiger partial charge is 0.392 e. The number of nitrogens with one attached hydrogen (secondary N) is 1. The van der Waals surface area contributed by atoms with Crippen molar-refractivity contribution in [3.8, 4) is 0 Å². The maximum absolute atomic E-state index is 11.9. The van der Waals surface area contributed by atoms with Gasteiger partial charge in [0.1, 0.15) is 0 Å². The summed E-state index contributed by atoms with van der Waals surface area (Å²) in [5.74, 6) is 0.110. The van der Waals surface area contributed by atoms with Crippen LogP contribution in [0, 0.1) is 12.3 Å². The molecule has 2 rings (SSSR count). The fraction of sp³-hybridized carbons (Fsp3) is 0.533. The molecule has 0 bridgehead atoms. The second kappa shape index (κ2) is 5.21. The lowest BCUT2D eigenvalue weighted by atomic mass is 9.89. The summed E-state index contributed by atoms with van der Waals surface area (Å²) in [7, 11) is 1.69. The number of nitrogens with zero attached hydrogens (tertiary/aromatic N) is 1. The number of carbonyl (C=O) groups excluding carboxylic acids is 1. The van der Waals surface area contributed by atoms with Crippen LogP contribution in [0.1, 0.15) is 24.5 Å². The number of hydrogen-bond donors (Lipinski definition) is 2. The van der Waals surface area contributed by atoms with E-state index >= 15 is 0 Å². The molecule has 0 spiro atoms. The van der Waals surface area contributed by atoms with Crippen LogP contribution in [0.2, 0.25) is 0 Å². The third-order valence-corrected chi connectivity index (χ3v) is 4.11. The smallest absolute Gasteiger partial charge is 0.227 e. The topological polar surface area (TPSA) is 52.6 Å². The predicted molar refractivity (Wildman–Crippen MR) is 76.1 cm³/mol. The van der Waals surface area contributed by atoms with E-state index in [1.807, 2.05) is 26.0 Å². The van der Waals surface area contributed by atoms with Gasteiger partial charge in [0.2, 0.25) is 5.91 Å². The fourth-order valence-corrected chi connectivity index (χ4v) is 2.72. The molecule has 0 aliphatic carbocycles. The zero-order chi connectivity index (χ0) is 14.0. The van der Waals surface area contributed by atoms with Gasteiger partial charge in [-0.15, -0.1) is 0 Å². The minimum Gasteiger partial charge on any atom is -0.392 e. The van der Waals surface area contributed by atoms with Crippen molar-refractivity contribution in [3.05, 3.63) is 29.3 Å². The molecule has 4 heteroatoms. The van der Waals surface area contributed by atoms with Crippen molar-refractivity contribution in [2.24, 2.45) is 5.41 Å². The average molecular weight is 262 g/mol. The van der Waals surface area contributed by atoms with Gasteiger partial charge in [-0.1, -0.05) is 6.07 Å². The maximum atomic E-state index is 11.9. The van der Waals surface area contributed by atoms with Gasteiger partial charge >= 0.3 is 0 Å². The van der Waals surface area contributed by atoms with Crippen molar-refractivity contribution in [2.75, 3.05) is 25.0 Å². The monoisotopic (exact) mass is 262 g/mol. The minimum absolute atomic E-state index is 0.0715. The van der Waals surface area contributed by atoms with Crippen molar-refractivity contribution in [2.45, 2.75) is 26.9 Å². The first-order valence-electron chi connectivity index (χ1n) is 6.68. The first kappa shape index (κ1) is 13.9. The molecule has 1 aliphatic rings. The molecule has 1 saturated heterocycles. The van der Waals surface area contributed by atoms with Crippen LogP contribution < -0.4 is 10.2 Å². The van der Waals surface area contributed by atoms with Gasteiger partial charge < -0.3 is 15.3 Å². The summed E-state index contributed by atoms with van der Waals surface area (Å²) in [6.45, 7) is 5.72. The van der Waals surface area contributed by atoms with Gasteiger partial charge in [0.15, 0.2) is 0 Å². The number of hydrogen-bond acceptors (Lipinski definition) is 3. The third-order valence-electron chi connectivity index (χ3n) is 4.11. The lowest BCUT2D eigenvalue weighted by Gasteiger charge is -2.24. The first-order valence-corrected chi connectivity index (χ1v) is 6.68. The molecule has 2 N–H and O–H groups in total. The minimum atomic E-state index is -0.307. The summed E-state index contributed by atoms with van der Waals surface area (Å²) in [5, 5.41) is 11.9. The molecule has 1 amide bonds. The van der Waals surface area contributed by atoms with E-state index in [1.165, 1.54) is 0 Å². The lowest BCUT2D eigenvalue weighted by Crippen LogP contribution is -2.39. The summed E-state index contributed by atoms with van der Waals surface area (Å²) in [6.07, 6.45) is 0.869. The average Bonchev–Trinajstić information content (AvgIpc) is 2.81. The fourth-order valence-electron chi connectivity index (χ4n) is 2.72. The van der Waals surface area contributed by atoms with E-state index < -0.39 is 0 Å². The normalized spacial score (nSPS) is 22.6. The molecule has 1 heterocycles. The van der Waals surface area contributed by atoms with E-state index in [0.29, 0.717) is 0 Å². The molecular weight excluding hydrogens is 240 g/mol. The number of aryl methyl sites for hydroxylation is 1. The van der Waals surface area contributed by atoms with Crippen molar-refractivity contribution in [1.29, 1.82) is 0 Å². The summed E-state index contributed by atoms with van der Waals surface area (Å²) in [5.41, 5.74) is 2.87. The van der Waals surface area contributed by atoms with Crippen LogP contribution in [0.3, 0.4) is 0 Å². The van der Waals surface area contributed by atoms with Crippen LogP contribution in [0.25, 0.3) is 0 Å². The summed E-state index contributed by atoms with van der Waals surface area (Å²) in [6, 6.07) is 6.06. The van der Waals surface area contributed by atoms with E-state index in [2.05, 4.69) is 16.3 Å². The van der Waals surface area contributed by atoms with E-state index in [4.69, 9.17) is 0 Å². The molecule has 19 heavy (non-hydrogen) atoms. The summed E-state index contributed by atoms with van der Waals surface area (Å²) in [4.78, 5) is 14.1. The van der Waals surface area contributed by atoms with Gasteiger partial charge in [-0.25, -0.2) is 0 Å². The molecule has 1 aliphatic heterocycles.